The summed E-state index contributed by atoms with van der Waals surface area (Å²) in [5.41, 5.74) is 0. The Hall–Kier alpha value is -1.26. The maximum atomic E-state index is 9.45. The van der Waals surface area contributed by atoms with Crippen molar-refractivity contribution < 1.29 is 19.7 Å². The van der Waals surface area contributed by atoms with Gasteiger partial charge in [-0.25, -0.2) is 0 Å². The molecule has 1 aromatic rings. The van der Waals surface area contributed by atoms with Gasteiger partial charge >= 0.3 is 0 Å². The number of benzene rings is 1. The molecule has 0 spiro atoms. The Kier molecular flexibility index (Phi) is 6.54. The van der Waals surface area contributed by atoms with Gasteiger partial charge in [-0.15, -0.1) is 0 Å². The second-order valence-electron chi connectivity index (χ2n) is 4.32. The molecule has 0 saturated carbocycles. The molecule has 1 rings (SSSR count). The standard InChI is InChI=1S/C14H22O4/c1-3-12(15)9-11(2)17-7-8-18-14-6-4-5-13(16)10-14/h4-6,10-12,15-16H,3,7-9H2,1-2H3. The number of aromatic hydroxyl groups is 1. The van der Waals surface area contributed by atoms with Crippen LogP contribution in [0, 0.1) is 0 Å². The van der Waals surface area contributed by atoms with Crippen LogP contribution in [0.4, 0.5) is 0 Å². The van der Waals surface area contributed by atoms with Crippen LogP contribution >= 0.6 is 0 Å². The molecule has 0 aliphatic heterocycles. The zero-order chi connectivity index (χ0) is 13.4. The van der Waals surface area contributed by atoms with Crippen LogP contribution in [-0.2, 0) is 4.74 Å². The van der Waals surface area contributed by atoms with Crippen LogP contribution in [0.2, 0.25) is 0 Å². The van der Waals surface area contributed by atoms with E-state index >= 15 is 0 Å². The molecule has 0 bridgehead atoms. The first-order valence-corrected chi connectivity index (χ1v) is 6.33. The molecule has 102 valence electrons. The highest BCUT2D eigenvalue weighted by molar-refractivity contribution is 5.31. The summed E-state index contributed by atoms with van der Waals surface area (Å²) in [5.74, 6) is 0.813. The summed E-state index contributed by atoms with van der Waals surface area (Å²) >= 11 is 0. The summed E-state index contributed by atoms with van der Waals surface area (Å²) in [5, 5.41) is 18.7. The van der Waals surface area contributed by atoms with E-state index in [1.54, 1.807) is 24.3 Å². The lowest BCUT2D eigenvalue weighted by molar-refractivity contribution is 0.0108. The molecule has 0 heterocycles. The monoisotopic (exact) mass is 254 g/mol. The molecule has 2 N–H and O–H groups in total. The van der Waals surface area contributed by atoms with Crippen molar-refractivity contribution >= 4 is 0 Å². The Balaban J connectivity index is 2.15. The van der Waals surface area contributed by atoms with Gasteiger partial charge in [0.25, 0.3) is 0 Å². The highest BCUT2D eigenvalue weighted by Crippen LogP contribution is 2.17. The van der Waals surface area contributed by atoms with Crippen molar-refractivity contribution in [1.29, 1.82) is 0 Å². The van der Waals surface area contributed by atoms with E-state index in [4.69, 9.17) is 9.47 Å². The van der Waals surface area contributed by atoms with Crippen LogP contribution in [0.5, 0.6) is 11.5 Å². The highest BCUT2D eigenvalue weighted by atomic mass is 16.5. The number of hydrogen-bond acceptors (Lipinski definition) is 4. The third-order valence-corrected chi connectivity index (χ3v) is 2.65. The number of ether oxygens (including phenoxy) is 2. The molecule has 18 heavy (non-hydrogen) atoms. The number of phenolic OH excluding ortho intramolecular Hbond substituents is 1. The predicted molar refractivity (Wildman–Crippen MR) is 69.9 cm³/mol. The SMILES string of the molecule is CCC(O)CC(C)OCCOc1cccc(O)c1. The Labute approximate surface area is 108 Å². The topological polar surface area (TPSA) is 58.9 Å². The quantitative estimate of drug-likeness (QED) is 0.699. The molecule has 0 aliphatic carbocycles. The van der Waals surface area contributed by atoms with E-state index < -0.39 is 0 Å². The number of aliphatic hydroxyl groups excluding tert-OH is 1. The van der Waals surface area contributed by atoms with Crippen molar-refractivity contribution in [2.75, 3.05) is 13.2 Å². The lowest BCUT2D eigenvalue weighted by Crippen LogP contribution is -2.20. The fourth-order valence-electron chi connectivity index (χ4n) is 1.60. The molecule has 4 nitrogen and oxygen atoms in total. The normalized spacial score (nSPS) is 14.2. The lowest BCUT2D eigenvalue weighted by Gasteiger charge is -2.16. The van der Waals surface area contributed by atoms with E-state index in [2.05, 4.69) is 0 Å². The molecule has 0 aliphatic rings. The van der Waals surface area contributed by atoms with Gasteiger partial charge in [0.1, 0.15) is 18.1 Å². The van der Waals surface area contributed by atoms with Crippen LogP contribution < -0.4 is 4.74 Å². The maximum absolute atomic E-state index is 9.45. The minimum atomic E-state index is -0.299. The third kappa shape index (κ3) is 5.89. The van der Waals surface area contributed by atoms with Crippen LogP contribution in [0.15, 0.2) is 24.3 Å². The average Bonchev–Trinajstić information content (AvgIpc) is 2.34. The first-order chi connectivity index (χ1) is 8.61. The summed E-state index contributed by atoms with van der Waals surface area (Å²) in [4.78, 5) is 0. The lowest BCUT2D eigenvalue weighted by atomic mass is 10.1. The van der Waals surface area contributed by atoms with Crippen molar-refractivity contribution in [2.45, 2.75) is 38.9 Å². The van der Waals surface area contributed by atoms with Crippen molar-refractivity contribution in [3.8, 4) is 11.5 Å². The largest absolute Gasteiger partial charge is 0.508 e. The van der Waals surface area contributed by atoms with Gasteiger partial charge in [0, 0.05) is 6.07 Å². The van der Waals surface area contributed by atoms with Gasteiger partial charge in [0.15, 0.2) is 0 Å². The molecule has 0 fully saturated rings. The number of rotatable bonds is 8. The second-order valence-corrected chi connectivity index (χ2v) is 4.32. The van der Waals surface area contributed by atoms with Gasteiger partial charge in [-0.2, -0.15) is 0 Å². The number of phenols is 1. The molecule has 1 aromatic carbocycles. The van der Waals surface area contributed by atoms with E-state index in [1.165, 1.54) is 0 Å². The molecule has 0 aromatic heterocycles. The summed E-state index contributed by atoms with van der Waals surface area (Å²) in [6.45, 7) is 4.78. The highest BCUT2D eigenvalue weighted by Gasteiger charge is 2.08. The molecule has 2 unspecified atom stereocenters. The van der Waals surface area contributed by atoms with Gasteiger partial charge in [0.05, 0.1) is 18.8 Å². The zero-order valence-electron chi connectivity index (χ0n) is 11.0. The Morgan fingerprint density at radius 1 is 1.28 bits per heavy atom. The molecular formula is C14H22O4. The fraction of sp³-hybridized carbons (Fsp3) is 0.571. The first kappa shape index (κ1) is 14.8. The molecule has 2 atom stereocenters. The Morgan fingerprint density at radius 3 is 2.72 bits per heavy atom. The van der Waals surface area contributed by atoms with Crippen LogP contribution in [0.3, 0.4) is 0 Å². The molecule has 0 amide bonds. The van der Waals surface area contributed by atoms with Gasteiger partial charge in [-0.3, -0.25) is 0 Å². The van der Waals surface area contributed by atoms with Gasteiger partial charge in [-0.05, 0) is 31.9 Å². The Bertz CT molecular complexity index is 340. The maximum Gasteiger partial charge on any atom is 0.123 e. The van der Waals surface area contributed by atoms with Crippen molar-refractivity contribution in [3.63, 3.8) is 0 Å². The average molecular weight is 254 g/mol. The summed E-state index contributed by atoms with van der Waals surface area (Å²) in [6.07, 6.45) is 1.11. The summed E-state index contributed by atoms with van der Waals surface area (Å²) < 4.78 is 10.9. The van der Waals surface area contributed by atoms with Crippen LogP contribution in [0.25, 0.3) is 0 Å². The fourth-order valence-corrected chi connectivity index (χ4v) is 1.60. The Morgan fingerprint density at radius 2 is 2.06 bits per heavy atom. The van der Waals surface area contributed by atoms with Crippen LogP contribution in [-0.4, -0.2) is 35.6 Å². The van der Waals surface area contributed by atoms with E-state index in [0.29, 0.717) is 25.4 Å². The van der Waals surface area contributed by atoms with E-state index in [9.17, 15) is 10.2 Å². The van der Waals surface area contributed by atoms with Crippen molar-refractivity contribution in [3.05, 3.63) is 24.3 Å². The van der Waals surface area contributed by atoms with Gasteiger partial charge in [-0.1, -0.05) is 13.0 Å². The molecule has 0 radical (unpaired) electrons. The molecular weight excluding hydrogens is 232 g/mol. The summed E-state index contributed by atoms with van der Waals surface area (Å²) in [7, 11) is 0. The van der Waals surface area contributed by atoms with Crippen molar-refractivity contribution in [1.82, 2.24) is 0 Å². The smallest absolute Gasteiger partial charge is 0.123 e. The minimum Gasteiger partial charge on any atom is -0.508 e. The third-order valence-electron chi connectivity index (χ3n) is 2.65. The summed E-state index contributed by atoms with van der Waals surface area (Å²) in [6, 6.07) is 6.66. The van der Waals surface area contributed by atoms with Crippen molar-refractivity contribution in [2.24, 2.45) is 0 Å². The van der Waals surface area contributed by atoms with Crippen LogP contribution in [0.1, 0.15) is 26.7 Å². The van der Waals surface area contributed by atoms with E-state index in [-0.39, 0.29) is 18.0 Å². The van der Waals surface area contributed by atoms with E-state index in [0.717, 1.165) is 6.42 Å². The van der Waals surface area contributed by atoms with E-state index in [1.807, 2.05) is 13.8 Å². The van der Waals surface area contributed by atoms with Gasteiger partial charge in [0.2, 0.25) is 0 Å². The molecule has 0 saturated heterocycles. The predicted octanol–water partition coefficient (Wildman–Crippen LogP) is 2.34. The first-order valence-electron chi connectivity index (χ1n) is 6.33. The second kappa shape index (κ2) is 7.95. The zero-order valence-corrected chi connectivity index (χ0v) is 11.0. The number of hydrogen-bond donors (Lipinski definition) is 2. The van der Waals surface area contributed by atoms with Gasteiger partial charge < -0.3 is 19.7 Å². The minimum absolute atomic E-state index is 0.0210. The molecule has 4 heteroatoms. The number of aliphatic hydroxyl groups is 1.